The molecule has 0 heterocycles. The van der Waals surface area contributed by atoms with Crippen molar-refractivity contribution in [3.05, 3.63) is 46.5 Å². The van der Waals surface area contributed by atoms with Gasteiger partial charge in [-0.15, -0.1) is 0 Å². The molecule has 1 aliphatic carbocycles. The fourth-order valence-corrected chi connectivity index (χ4v) is 2.92. The Labute approximate surface area is 128 Å². The molecule has 1 saturated carbocycles. The molecule has 1 aromatic carbocycles. The Morgan fingerprint density at radius 2 is 1.55 bits per heavy atom. The van der Waals surface area contributed by atoms with E-state index in [2.05, 4.69) is 9.58 Å². The lowest BCUT2D eigenvalue weighted by atomic mass is 9.77. The molecule has 0 unspecified atom stereocenters. The monoisotopic (exact) mass is 296 g/mol. The van der Waals surface area contributed by atoms with Crippen molar-refractivity contribution >= 4 is 24.0 Å². The molecule has 6 nitrogen and oxygen atoms in total. The van der Waals surface area contributed by atoms with Crippen LogP contribution in [0, 0.1) is 5.92 Å². The summed E-state index contributed by atoms with van der Waals surface area (Å²) < 4.78 is 0. The molecule has 0 aliphatic heterocycles. The lowest BCUT2D eigenvalue weighted by Crippen LogP contribution is -2.22. The van der Waals surface area contributed by atoms with Crippen LogP contribution in [0.1, 0.15) is 47.5 Å². The van der Waals surface area contributed by atoms with E-state index in [1.807, 2.05) is 12.1 Å². The molecule has 0 N–H and O–H groups in total. The number of rotatable bonds is 5. The topological polar surface area (TPSA) is 107 Å². The van der Waals surface area contributed by atoms with Crippen molar-refractivity contribution < 1.29 is 19.2 Å². The molecular weight excluding hydrogens is 280 g/mol. The van der Waals surface area contributed by atoms with Crippen LogP contribution in [0.15, 0.2) is 24.3 Å². The Bertz CT molecular complexity index is 660. The van der Waals surface area contributed by atoms with Gasteiger partial charge in [0.2, 0.25) is 5.78 Å². The number of hydrogen-bond donors (Lipinski definition) is 0. The summed E-state index contributed by atoms with van der Waals surface area (Å²) in [5.74, 6) is -0.156. The van der Waals surface area contributed by atoms with Gasteiger partial charge in [-0.25, -0.2) is 0 Å². The molecule has 112 valence electrons. The molecule has 1 aliphatic rings. The number of hydrogen-bond acceptors (Lipinski definition) is 2. The quantitative estimate of drug-likeness (QED) is 0.360. The highest BCUT2D eigenvalue weighted by atomic mass is 16.1. The third kappa shape index (κ3) is 3.70. The number of carbonyl (C=O) groups is 2. The van der Waals surface area contributed by atoms with Crippen LogP contribution in [0.4, 0.5) is 0 Å². The molecule has 22 heavy (non-hydrogen) atoms. The van der Waals surface area contributed by atoms with E-state index in [-0.39, 0.29) is 17.5 Å². The highest BCUT2D eigenvalue weighted by Crippen LogP contribution is 2.35. The SMILES string of the molecule is [N-]=[N+]=CC(=O)c1ccc(C2CCC(C(=O)C=[N+]=[N-])CC2)cc1. The normalized spacial score (nSPS) is 20.4. The fraction of sp³-hybridized carbons (Fsp3) is 0.375. The minimum atomic E-state index is -0.341. The second kappa shape index (κ2) is 7.36. The van der Waals surface area contributed by atoms with Crippen molar-refractivity contribution in [2.75, 3.05) is 0 Å². The third-order valence-electron chi connectivity index (χ3n) is 4.16. The molecule has 0 bridgehead atoms. The summed E-state index contributed by atoms with van der Waals surface area (Å²) in [6.45, 7) is 0. The van der Waals surface area contributed by atoms with E-state index in [0.29, 0.717) is 11.5 Å². The second-order valence-electron chi connectivity index (χ2n) is 5.43. The first-order chi connectivity index (χ1) is 10.7. The van der Waals surface area contributed by atoms with Gasteiger partial charge in [0.1, 0.15) is 0 Å². The zero-order valence-corrected chi connectivity index (χ0v) is 12.1. The van der Waals surface area contributed by atoms with Gasteiger partial charge in [0.25, 0.3) is 5.78 Å². The van der Waals surface area contributed by atoms with Gasteiger partial charge in [-0.1, -0.05) is 24.3 Å². The van der Waals surface area contributed by atoms with Crippen molar-refractivity contribution in [2.24, 2.45) is 5.92 Å². The van der Waals surface area contributed by atoms with Gasteiger partial charge in [-0.3, -0.25) is 9.59 Å². The van der Waals surface area contributed by atoms with Gasteiger partial charge in [0, 0.05) is 11.5 Å². The molecule has 0 saturated heterocycles. The molecule has 0 aromatic heterocycles. The molecule has 0 amide bonds. The average Bonchev–Trinajstić information content (AvgIpc) is 2.55. The molecule has 1 aromatic rings. The first kappa shape index (κ1) is 15.7. The molecule has 1 fully saturated rings. The predicted molar refractivity (Wildman–Crippen MR) is 79.8 cm³/mol. The van der Waals surface area contributed by atoms with Crippen LogP contribution in [0.25, 0.3) is 11.1 Å². The van der Waals surface area contributed by atoms with E-state index in [1.165, 1.54) is 0 Å². The summed E-state index contributed by atoms with van der Waals surface area (Å²) in [6.07, 6.45) is 5.17. The first-order valence-corrected chi connectivity index (χ1v) is 7.18. The lowest BCUT2D eigenvalue weighted by Gasteiger charge is -2.26. The maximum atomic E-state index is 11.6. The van der Waals surface area contributed by atoms with Crippen molar-refractivity contribution in [2.45, 2.75) is 31.6 Å². The Hall–Kier alpha value is -2.68. The van der Waals surface area contributed by atoms with Crippen molar-refractivity contribution in [1.82, 2.24) is 0 Å². The van der Waals surface area contributed by atoms with Crippen LogP contribution >= 0.6 is 0 Å². The average molecular weight is 296 g/mol. The van der Waals surface area contributed by atoms with E-state index in [4.69, 9.17) is 11.1 Å². The number of Topliss-reactive ketones (excluding diaryl/α,β-unsaturated/α-hetero) is 2. The smallest absolute Gasteiger partial charge is 0.328 e. The molecule has 6 heteroatoms. The van der Waals surface area contributed by atoms with Gasteiger partial charge in [-0.2, -0.15) is 9.58 Å². The molecular formula is C16H16N4O2. The third-order valence-corrected chi connectivity index (χ3v) is 4.16. The van der Waals surface area contributed by atoms with Crippen LogP contribution in [0.3, 0.4) is 0 Å². The number of carbonyl (C=O) groups excluding carboxylic acids is 2. The van der Waals surface area contributed by atoms with E-state index >= 15 is 0 Å². The Balaban J connectivity index is 2.00. The zero-order valence-electron chi connectivity index (χ0n) is 12.1. The fourth-order valence-electron chi connectivity index (χ4n) is 2.92. The van der Waals surface area contributed by atoms with E-state index in [9.17, 15) is 9.59 Å². The Morgan fingerprint density at radius 3 is 2.09 bits per heavy atom. The highest BCUT2D eigenvalue weighted by Gasteiger charge is 2.27. The van der Waals surface area contributed by atoms with Crippen LogP contribution in [0.2, 0.25) is 0 Å². The van der Waals surface area contributed by atoms with E-state index < -0.39 is 0 Å². The Morgan fingerprint density at radius 1 is 0.955 bits per heavy atom. The number of benzene rings is 1. The van der Waals surface area contributed by atoms with Crippen LogP contribution in [-0.4, -0.2) is 33.6 Å². The van der Waals surface area contributed by atoms with Crippen molar-refractivity contribution in [3.63, 3.8) is 0 Å². The zero-order chi connectivity index (χ0) is 15.9. The highest BCUT2D eigenvalue weighted by molar-refractivity contribution is 6.33. The molecule has 0 spiro atoms. The summed E-state index contributed by atoms with van der Waals surface area (Å²) in [5, 5.41) is 0. The second-order valence-corrected chi connectivity index (χ2v) is 5.43. The minimum Gasteiger partial charge on any atom is -0.361 e. The predicted octanol–water partition coefficient (Wildman–Crippen LogP) is 2.31. The Kier molecular flexibility index (Phi) is 5.26. The van der Waals surface area contributed by atoms with E-state index in [0.717, 1.165) is 43.7 Å². The molecule has 2 rings (SSSR count). The van der Waals surface area contributed by atoms with Gasteiger partial charge < -0.3 is 11.1 Å². The summed E-state index contributed by atoms with van der Waals surface area (Å²) in [4.78, 5) is 28.7. The molecule has 0 atom stereocenters. The maximum Gasteiger partial charge on any atom is 0.328 e. The number of ketones is 2. The largest absolute Gasteiger partial charge is 0.361 e. The maximum absolute atomic E-state index is 11.6. The summed E-state index contributed by atoms with van der Waals surface area (Å²) in [6, 6.07) is 7.24. The van der Waals surface area contributed by atoms with Crippen molar-refractivity contribution in [1.29, 1.82) is 0 Å². The van der Waals surface area contributed by atoms with Gasteiger partial charge >= 0.3 is 12.4 Å². The standard InChI is InChI=1S/C16H16N4O2/c17-19-9-15(21)13-5-1-11(2-6-13)12-3-7-14(8-4-12)16(22)10-20-18/h1-2,5-6,9-10,12,14H,3-4,7-8H2. The van der Waals surface area contributed by atoms with Crippen LogP contribution < -0.4 is 0 Å². The summed E-state index contributed by atoms with van der Waals surface area (Å²) in [7, 11) is 0. The first-order valence-electron chi connectivity index (χ1n) is 7.18. The summed E-state index contributed by atoms with van der Waals surface area (Å²) in [5.41, 5.74) is 18.4. The summed E-state index contributed by atoms with van der Waals surface area (Å²) >= 11 is 0. The van der Waals surface area contributed by atoms with Crippen molar-refractivity contribution in [3.8, 4) is 0 Å². The van der Waals surface area contributed by atoms with Gasteiger partial charge in [-0.05, 0) is 37.2 Å². The van der Waals surface area contributed by atoms with Gasteiger partial charge in [0.05, 0.1) is 0 Å². The van der Waals surface area contributed by atoms with E-state index in [1.54, 1.807) is 12.1 Å². The lowest BCUT2D eigenvalue weighted by molar-refractivity contribution is -0.120. The van der Waals surface area contributed by atoms with Gasteiger partial charge in [0.15, 0.2) is 0 Å². The minimum absolute atomic E-state index is 0.0613. The number of nitrogens with zero attached hydrogens (tertiary/aromatic N) is 4. The van der Waals surface area contributed by atoms with Crippen LogP contribution in [-0.2, 0) is 4.79 Å². The van der Waals surface area contributed by atoms with Crippen LogP contribution in [0.5, 0.6) is 0 Å². The molecule has 0 radical (unpaired) electrons.